The molecule has 1 heteroatoms. The molecule has 0 saturated heterocycles. The zero-order valence-corrected chi connectivity index (χ0v) is 16.5. The fraction of sp³-hybridized carbons (Fsp3) is 0.739. The highest BCUT2D eigenvalue weighted by Gasteiger charge is 2.10. The predicted molar refractivity (Wildman–Crippen MR) is 107 cm³/mol. The average Bonchev–Trinajstić information content (AvgIpc) is 2.59. The van der Waals surface area contributed by atoms with Gasteiger partial charge in [-0.15, -0.1) is 0 Å². The maximum absolute atomic E-state index is 10.5. The Balaban J connectivity index is 2.44. The monoisotopic (exact) mass is 332 g/mol. The van der Waals surface area contributed by atoms with Gasteiger partial charge in [0.05, 0.1) is 0 Å². The van der Waals surface area contributed by atoms with Gasteiger partial charge in [0.15, 0.2) is 0 Å². The van der Waals surface area contributed by atoms with Crippen LogP contribution in [-0.4, -0.2) is 5.11 Å². The van der Waals surface area contributed by atoms with E-state index in [2.05, 4.69) is 26.0 Å². The van der Waals surface area contributed by atoms with Gasteiger partial charge in [0.2, 0.25) is 0 Å². The van der Waals surface area contributed by atoms with Crippen molar-refractivity contribution in [2.24, 2.45) is 0 Å². The molecule has 0 bridgehead atoms. The molecule has 0 fully saturated rings. The Morgan fingerprint density at radius 2 is 1.17 bits per heavy atom. The molecule has 0 atom stereocenters. The van der Waals surface area contributed by atoms with E-state index in [1.807, 2.05) is 6.92 Å². The first-order valence-electron chi connectivity index (χ1n) is 10.5. The van der Waals surface area contributed by atoms with Crippen LogP contribution in [0.2, 0.25) is 0 Å². The number of unbranched alkanes of at least 4 members (excludes halogenated alkanes) is 10. The van der Waals surface area contributed by atoms with E-state index in [-0.39, 0.29) is 0 Å². The van der Waals surface area contributed by atoms with Gasteiger partial charge in [-0.25, -0.2) is 0 Å². The summed E-state index contributed by atoms with van der Waals surface area (Å²) in [5, 5.41) is 10.5. The molecule has 138 valence electrons. The Kier molecular flexibility index (Phi) is 11.7. The van der Waals surface area contributed by atoms with Crippen molar-refractivity contribution in [1.29, 1.82) is 0 Å². The van der Waals surface area contributed by atoms with Crippen LogP contribution in [0.1, 0.15) is 108 Å². The molecule has 0 saturated carbocycles. The molecule has 0 aromatic heterocycles. The summed E-state index contributed by atoms with van der Waals surface area (Å²) in [7, 11) is 0. The van der Waals surface area contributed by atoms with Crippen LogP contribution in [0.15, 0.2) is 12.1 Å². The van der Waals surface area contributed by atoms with Gasteiger partial charge in [0, 0.05) is 0 Å². The highest BCUT2D eigenvalue weighted by Crippen LogP contribution is 2.29. The van der Waals surface area contributed by atoms with Crippen molar-refractivity contribution in [3.8, 4) is 5.75 Å². The summed E-state index contributed by atoms with van der Waals surface area (Å²) in [4.78, 5) is 0. The topological polar surface area (TPSA) is 20.2 Å². The first kappa shape index (κ1) is 21.1. The van der Waals surface area contributed by atoms with E-state index >= 15 is 0 Å². The van der Waals surface area contributed by atoms with Crippen LogP contribution in [0.25, 0.3) is 0 Å². The third kappa shape index (κ3) is 8.22. The number of aromatic hydroxyl groups is 1. The average molecular weight is 333 g/mol. The first-order chi connectivity index (χ1) is 11.7. The minimum Gasteiger partial charge on any atom is -0.507 e. The third-order valence-corrected chi connectivity index (χ3v) is 5.16. The predicted octanol–water partition coefficient (Wildman–Crippen LogP) is 7.51. The zero-order valence-electron chi connectivity index (χ0n) is 16.5. The highest BCUT2D eigenvalue weighted by molar-refractivity contribution is 5.45. The zero-order chi connectivity index (χ0) is 17.6. The van der Waals surface area contributed by atoms with E-state index in [1.54, 1.807) is 0 Å². The smallest absolute Gasteiger partial charge is 0.121 e. The van der Waals surface area contributed by atoms with E-state index in [0.717, 1.165) is 18.4 Å². The van der Waals surface area contributed by atoms with Gasteiger partial charge in [0.1, 0.15) is 5.75 Å². The number of hydrogen-bond donors (Lipinski definition) is 1. The molecule has 0 amide bonds. The second-order valence-electron chi connectivity index (χ2n) is 7.40. The Hall–Kier alpha value is -0.980. The minimum absolute atomic E-state index is 0.562. The van der Waals surface area contributed by atoms with E-state index in [1.165, 1.54) is 88.2 Å². The van der Waals surface area contributed by atoms with Crippen molar-refractivity contribution in [3.63, 3.8) is 0 Å². The van der Waals surface area contributed by atoms with Gasteiger partial charge in [-0.1, -0.05) is 90.2 Å². The number of phenolic OH excluding ortho intramolecular Hbond substituents is 1. The Morgan fingerprint density at radius 3 is 1.75 bits per heavy atom. The molecule has 1 aromatic rings. The maximum Gasteiger partial charge on any atom is 0.121 e. The van der Waals surface area contributed by atoms with Crippen molar-refractivity contribution < 1.29 is 5.11 Å². The Bertz CT molecular complexity index is 436. The molecule has 0 spiro atoms. The second-order valence-corrected chi connectivity index (χ2v) is 7.40. The van der Waals surface area contributed by atoms with Gasteiger partial charge >= 0.3 is 0 Å². The van der Waals surface area contributed by atoms with Crippen LogP contribution in [0.4, 0.5) is 0 Å². The lowest BCUT2D eigenvalue weighted by Crippen LogP contribution is -1.98. The second kappa shape index (κ2) is 13.3. The van der Waals surface area contributed by atoms with Crippen molar-refractivity contribution in [2.45, 2.75) is 111 Å². The van der Waals surface area contributed by atoms with Crippen molar-refractivity contribution in [1.82, 2.24) is 0 Å². The molecule has 0 aliphatic carbocycles. The van der Waals surface area contributed by atoms with Crippen LogP contribution < -0.4 is 0 Å². The number of aryl methyl sites for hydroxylation is 2. The summed E-state index contributed by atoms with van der Waals surface area (Å²) in [5.41, 5.74) is 3.66. The van der Waals surface area contributed by atoms with Crippen molar-refractivity contribution in [2.75, 3.05) is 0 Å². The highest BCUT2D eigenvalue weighted by atomic mass is 16.3. The minimum atomic E-state index is 0.562. The molecule has 1 rings (SSSR count). The first-order valence-corrected chi connectivity index (χ1v) is 10.5. The van der Waals surface area contributed by atoms with Crippen LogP contribution in [0.5, 0.6) is 5.75 Å². The summed E-state index contributed by atoms with van der Waals surface area (Å²) in [6.45, 7) is 6.55. The van der Waals surface area contributed by atoms with Crippen molar-refractivity contribution in [3.05, 3.63) is 28.8 Å². The quantitative estimate of drug-likeness (QED) is 0.349. The molecule has 1 nitrogen and oxygen atoms in total. The summed E-state index contributed by atoms with van der Waals surface area (Å²) in [6.07, 6.45) is 18.1. The van der Waals surface area contributed by atoms with E-state index in [0.29, 0.717) is 5.75 Å². The van der Waals surface area contributed by atoms with Gasteiger partial charge in [-0.3, -0.25) is 0 Å². The summed E-state index contributed by atoms with van der Waals surface area (Å²) in [6, 6.07) is 4.35. The molecule has 0 aliphatic rings. The molecular formula is C23H40O. The largest absolute Gasteiger partial charge is 0.507 e. The molecule has 0 heterocycles. The summed E-state index contributed by atoms with van der Waals surface area (Å²) in [5.74, 6) is 0.562. The summed E-state index contributed by atoms with van der Waals surface area (Å²) < 4.78 is 0. The van der Waals surface area contributed by atoms with E-state index in [9.17, 15) is 5.11 Å². The lowest BCUT2D eigenvalue weighted by molar-refractivity contribution is 0.460. The lowest BCUT2D eigenvalue weighted by Gasteiger charge is -2.14. The molecule has 0 radical (unpaired) electrons. The SMILES string of the molecule is CCCCCCCCc1ccc(C)c(O)c1CCCCCCCC. The fourth-order valence-corrected chi connectivity index (χ4v) is 3.49. The van der Waals surface area contributed by atoms with E-state index < -0.39 is 0 Å². The standard InChI is InChI=1S/C23H40O/c1-4-6-8-10-12-14-16-21-19-18-20(3)23(24)22(21)17-15-13-11-9-7-5-2/h18-19,24H,4-17H2,1-3H3. The molecule has 0 unspecified atom stereocenters. The molecule has 24 heavy (non-hydrogen) atoms. The number of hydrogen-bond acceptors (Lipinski definition) is 1. The Morgan fingerprint density at radius 1 is 0.667 bits per heavy atom. The van der Waals surface area contributed by atoms with Crippen LogP contribution in [-0.2, 0) is 12.8 Å². The van der Waals surface area contributed by atoms with E-state index in [4.69, 9.17) is 0 Å². The summed E-state index contributed by atoms with van der Waals surface area (Å²) >= 11 is 0. The molecule has 1 aromatic carbocycles. The van der Waals surface area contributed by atoms with Gasteiger partial charge in [0.25, 0.3) is 0 Å². The maximum atomic E-state index is 10.5. The van der Waals surface area contributed by atoms with Gasteiger partial charge in [-0.2, -0.15) is 0 Å². The fourth-order valence-electron chi connectivity index (χ4n) is 3.49. The molecular weight excluding hydrogens is 292 g/mol. The number of benzene rings is 1. The third-order valence-electron chi connectivity index (χ3n) is 5.16. The van der Waals surface area contributed by atoms with Gasteiger partial charge < -0.3 is 5.11 Å². The number of rotatable bonds is 14. The van der Waals surface area contributed by atoms with Crippen LogP contribution >= 0.6 is 0 Å². The molecule has 0 aliphatic heterocycles. The number of phenols is 1. The normalized spacial score (nSPS) is 11.1. The lowest BCUT2D eigenvalue weighted by atomic mass is 9.93. The van der Waals surface area contributed by atoms with Crippen LogP contribution in [0, 0.1) is 6.92 Å². The Labute approximate surface area is 150 Å². The van der Waals surface area contributed by atoms with Crippen molar-refractivity contribution >= 4 is 0 Å². The molecule has 1 N–H and O–H groups in total. The van der Waals surface area contributed by atoms with Crippen LogP contribution in [0.3, 0.4) is 0 Å². The van der Waals surface area contributed by atoms with Gasteiger partial charge in [-0.05, 0) is 49.3 Å².